The molecule has 0 unspecified atom stereocenters. The summed E-state index contributed by atoms with van der Waals surface area (Å²) in [7, 11) is -0.903. The van der Waals surface area contributed by atoms with E-state index in [9.17, 15) is 9.00 Å². The Morgan fingerprint density at radius 3 is 2.55 bits per heavy atom. The topological polar surface area (TPSA) is 46.2 Å². The number of hydrogen-bond donors (Lipinski definition) is 1. The fourth-order valence-electron chi connectivity index (χ4n) is 2.10. The van der Waals surface area contributed by atoms with Crippen LogP contribution in [0.5, 0.6) is 0 Å². The molecular formula is C18H19NO2S. The van der Waals surface area contributed by atoms with Crippen molar-refractivity contribution in [2.45, 2.75) is 12.7 Å². The van der Waals surface area contributed by atoms with Gasteiger partial charge in [-0.3, -0.25) is 9.00 Å². The van der Waals surface area contributed by atoms with Crippen molar-refractivity contribution in [1.29, 1.82) is 0 Å². The van der Waals surface area contributed by atoms with Crippen LogP contribution in [-0.4, -0.2) is 16.4 Å². The second kappa shape index (κ2) is 7.71. The second-order valence-electron chi connectivity index (χ2n) is 5.04. The van der Waals surface area contributed by atoms with Crippen molar-refractivity contribution in [1.82, 2.24) is 0 Å². The number of carbonyl (C=O) groups is 1. The number of amides is 1. The van der Waals surface area contributed by atoms with Gasteiger partial charge in [0.05, 0.1) is 0 Å². The summed E-state index contributed by atoms with van der Waals surface area (Å²) in [5.74, 6) is 0.316. The molecule has 0 aromatic heterocycles. The Bertz CT molecular complexity index is 708. The van der Waals surface area contributed by atoms with Gasteiger partial charge in [-0.2, -0.15) is 0 Å². The van der Waals surface area contributed by atoms with Gasteiger partial charge in [0, 0.05) is 34.6 Å². The molecule has 4 heteroatoms. The average molecular weight is 313 g/mol. The molecule has 0 saturated carbocycles. The van der Waals surface area contributed by atoms with Gasteiger partial charge in [0.15, 0.2) is 0 Å². The lowest BCUT2D eigenvalue weighted by Crippen LogP contribution is -2.10. The molecule has 0 fully saturated rings. The van der Waals surface area contributed by atoms with E-state index in [4.69, 9.17) is 0 Å². The molecule has 1 amide bonds. The first-order valence-electron chi connectivity index (χ1n) is 6.99. The van der Waals surface area contributed by atoms with Gasteiger partial charge in [-0.05, 0) is 35.8 Å². The van der Waals surface area contributed by atoms with E-state index in [1.807, 2.05) is 55.5 Å². The molecule has 0 radical (unpaired) electrons. The molecule has 1 N–H and O–H groups in total. The first kappa shape index (κ1) is 16.2. The molecule has 3 nitrogen and oxygen atoms in total. The van der Waals surface area contributed by atoms with Crippen LogP contribution in [0, 0.1) is 6.92 Å². The van der Waals surface area contributed by atoms with E-state index in [1.54, 1.807) is 12.3 Å². The van der Waals surface area contributed by atoms with Crippen molar-refractivity contribution in [3.63, 3.8) is 0 Å². The van der Waals surface area contributed by atoms with Crippen LogP contribution >= 0.6 is 0 Å². The molecule has 0 bridgehead atoms. The maximum absolute atomic E-state index is 12.0. The molecule has 2 aromatic carbocycles. The Morgan fingerprint density at radius 2 is 1.86 bits per heavy atom. The van der Waals surface area contributed by atoms with E-state index in [1.165, 1.54) is 6.08 Å². The third-order valence-electron chi connectivity index (χ3n) is 3.29. The van der Waals surface area contributed by atoms with Crippen LogP contribution in [0.15, 0.2) is 54.6 Å². The van der Waals surface area contributed by atoms with Crippen molar-refractivity contribution in [2.24, 2.45) is 0 Å². The van der Waals surface area contributed by atoms with Gasteiger partial charge in [-0.1, -0.05) is 42.5 Å². The van der Waals surface area contributed by atoms with Gasteiger partial charge in [0.25, 0.3) is 0 Å². The minimum atomic E-state index is -0.903. The second-order valence-corrected chi connectivity index (χ2v) is 6.48. The van der Waals surface area contributed by atoms with Gasteiger partial charge in [0.1, 0.15) is 0 Å². The van der Waals surface area contributed by atoms with Gasteiger partial charge in [-0.15, -0.1) is 0 Å². The minimum Gasteiger partial charge on any atom is -0.322 e. The highest BCUT2D eigenvalue weighted by Crippen LogP contribution is 2.20. The Kier molecular flexibility index (Phi) is 5.67. The fraction of sp³-hybridized carbons (Fsp3) is 0.167. The number of anilines is 1. The Morgan fingerprint density at radius 1 is 1.14 bits per heavy atom. The standard InChI is InChI=1S/C18H19NO2S/c1-14-16(13-22(2)21)9-6-10-17(14)19-18(20)12-11-15-7-4-3-5-8-15/h3-12H,13H2,1-2H3,(H,19,20)/b12-11+/t22-/m0/s1. The predicted octanol–water partition coefficient (Wildman–Crippen LogP) is 3.53. The zero-order valence-corrected chi connectivity index (χ0v) is 13.5. The summed E-state index contributed by atoms with van der Waals surface area (Å²) in [5.41, 5.74) is 3.68. The minimum absolute atomic E-state index is 0.179. The lowest BCUT2D eigenvalue weighted by Gasteiger charge is -2.10. The highest BCUT2D eigenvalue weighted by atomic mass is 32.2. The maximum atomic E-state index is 12.0. The SMILES string of the molecule is Cc1c(C[S@](C)=O)cccc1NC(=O)/C=C/c1ccccc1. The van der Waals surface area contributed by atoms with E-state index >= 15 is 0 Å². The van der Waals surface area contributed by atoms with Crippen molar-refractivity contribution in [2.75, 3.05) is 11.6 Å². The molecule has 0 aliphatic rings. The number of hydrogen-bond acceptors (Lipinski definition) is 2. The van der Waals surface area contributed by atoms with Crippen LogP contribution in [0.25, 0.3) is 6.08 Å². The third-order valence-corrected chi connectivity index (χ3v) is 4.01. The molecule has 114 valence electrons. The summed E-state index contributed by atoms with van der Waals surface area (Å²) in [6.45, 7) is 1.93. The third kappa shape index (κ3) is 4.67. The van der Waals surface area contributed by atoms with Crippen molar-refractivity contribution >= 4 is 28.5 Å². The van der Waals surface area contributed by atoms with E-state index in [2.05, 4.69) is 5.32 Å². The van der Waals surface area contributed by atoms with E-state index < -0.39 is 10.8 Å². The lowest BCUT2D eigenvalue weighted by molar-refractivity contribution is -0.111. The quantitative estimate of drug-likeness (QED) is 0.858. The molecule has 0 saturated heterocycles. The highest BCUT2D eigenvalue weighted by molar-refractivity contribution is 7.83. The Labute approximate surface area is 133 Å². The van der Waals surface area contributed by atoms with Crippen LogP contribution in [0.2, 0.25) is 0 Å². The molecule has 2 rings (SSSR count). The van der Waals surface area contributed by atoms with Gasteiger partial charge >= 0.3 is 0 Å². The first-order valence-corrected chi connectivity index (χ1v) is 8.71. The van der Waals surface area contributed by atoms with Crippen LogP contribution in [0.1, 0.15) is 16.7 Å². The zero-order valence-electron chi connectivity index (χ0n) is 12.7. The number of benzene rings is 2. The summed E-state index contributed by atoms with van der Waals surface area (Å²) in [6.07, 6.45) is 4.96. The predicted molar refractivity (Wildman–Crippen MR) is 93.1 cm³/mol. The van der Waals surface area contributed by atoms with Crippen LogP contribution in [0.3, 0.4) is 0 Å². The van der Waals surface area contributed by atoms with Crippen molar-refractivity contribution in [3.8, 4) is 0 Å². The van der Waals surface area contributed by atoms with E-state index in [-0.39, 0.29) is 5.91 Å². The monoisotopic (exact) mass is 313 g/mol. The molecule has 0 aliphatic heterocycles. The number of nitrogens with one attached hydrogen (secondary N) is 1. The number of rotatable bonds is 5. The molecule has 0 heterocycles. The normalized spacial score (nSPS) is 12.3. The van der Waals surface area contributed by atoms with E-state index in [0.29, 0.717) is 5.75 Å². The molecule has 0 spiro atoms. The summed E-state index contributed by atoms with van der Waals surface area (Å²) in [5, 5.41) is 2.87. The Balaban J connectivity index is 2.09. The molecule has 1 atom stereocenters. The largest absolute Gasteiger partial charge is 0.322 e. The summed E-state index contributed by atoms with van der Waals surface area (Å²) in [4.78, 5) is 12.0. The zero-order chi connectivity index (χ0) is 15.9. The number of carbonyl (C=O) groups excluding carboxylic acids is 1. The summed E-state index contributed by atoms with van der Waals surface area (Å²) in [6, 6.07) is 15.3. The van der Waals surface area contributed by atoms with Crippen LogP contribution < -0.4 is 5.32 Å². The van der Waals surface area contributed by atoms with Gasteiger partial charge < -0.3 is 5.32 Å². The first-order chi connectivity index (χ1) is 10.6. The molecule has 22 heavy (non-hydrogen) atoms. The summed E-state index contributed by atoms with van der Waals surface area (Å²) >= 11 is 0. The van der Waals surface area contributed by atoms with Gasteiger partial charge in [-0.25, -0.2) is 0 Å². The molecule has 0 aliphatic carbocycles. The fourth-order valence-corrected chi connectivity index (χ4v) is 2.86. The average Bonchev–Trinajstić information content (AvgIpc) is 2.50. The van der Waals surface area contributed by atoms with Crippen LogP contribution in [0.4, 0.5) is 5.69 Å². The maximum Gasteiger partial charge on any atom is 0.248 e. The van der Waals surface area contributed by atoms with Gasteiger partial charge in [0.2, 0.25) is 5.91 Å². The van der Waals surface area contributed by atoms with Crippen molar-refractivity contribution < 1.29 is 9.00 Å². The lowest BCUT2D eigenvalue weighted by atomic mass is 10.1. The van der Waals surface area contributed by atoms with Crippen LogP contribution in [-0.2, 0) is 21.3 Å². The summed E-state index contributed by atoms with van der Waals surface area (Å²) < 4.78 is 11.4. The van der Waals surface area contributed by atoms with Crippen molar-refractivity contribution in [3.05, 3.63) is 71.3 Å². The Hall–Kier alpha value is -2.20. The molecule has 2 aromatic rings. The molecular weight excluding hydrogens is 294 g/mol. The van der Waals surface area contributed by atoms with E-state index in [0.717, 1.165) is 22.4 Å². The highest BCUT2D eigenvalue weighted by Gasteiger charge is 2.07. The smallest absolute Gasteiger partial charge is 0.248 e.